The van der Waals surface area contributed by atoms with E-state index in [0.29, 0.717) is 5.88 Å². The highest BCUT2D eigenvalue weighted by Gasteiger charge is 2.00. The Hall–Kier alpha value is -1.39. The zero-order valence-electron chi connectivity index (χ0n) is 9.48. The van der Waals surface area contributed by atoms with Crippen molar-refractivity contribution < 1.29 is 4.74 Å². The van der Waals surface area contributed by atoms with Gasteiger partial charge in [0, 0.05) is 17.1 Å². The van der Waals surface area contributed by atoms with Crippen LogP contribution in [0.15, 0.2) is 46.9 Å². The average Bonchev–Trinajstić information content (AvgIpc) is 2.33. The summed E-state index contributed by atoms with van der Waals surface area (Å²) in [5.74, 6) is 1.39. The van der Waals surface area contributed by atoms with Crippen molar-refractivity contribution in [2.75, 3.05) is 7.05 Å². The molecule has 1 heterocycles. The smallest absolute Gasteiger partial charge is 0.219 e. The quantitative estimate of drug-likeness (QED) is 0.938. The van der Waals surface area contributed by atoms with E-state index in [0.717, 1.165) is 22.5 Å². The van der Waals surface area contributed by atoms with Gasteiger partial charge in [0.2, 0.25) is 5.88 Å². The third-order valence-electron chi connectivity index (χ3n) is 2.18. The first-order valence-corrected chi connectivity index (χ1v) is 6.11. The summed E-state index contributed by atoms with van der Waals surface area (Å²) in [5, 5.41) is 3.06. The summed E-state index contributed by atoms with van der Waals surface area (Å²) < 4.78 is 6.69. The number of hydrogen-bond acceptors (Lipinski definition) is 3. The van der Waals surface area contributed by atoms with Crippen molar-refractivity contribution in [2.24, 2.45) is 0 Å². The molecule has 0 aliphatic heterocycles. The molecule has 0 fully saturated rings. The lowest BCUT2D eigenvalue weighted by Crippen LogP contribution is -2.06. The summed E-state index contributed by atoms with van der Waals surface area (Å²) in [5.41, 5.74) is 0.960. The first-order chi connectivity index (χ1) is 8.28. The molecule has 1 N–H and O–H groups in total. The molecule has 0 bridgehead atoms. The first-order valence-electron chi connectivity index (χ1n) is 5.32. The number of halogens is 1. The minimum Gasteiger partial charge on any atom is -0.439 e. The fourth-order valence-corrected chi connectivity index (χ4v) is 1.68. The number of ether oxygens (including phenoxy) is 1. The number of pyridine rings is 1. The highest BCUT2D eigenvalue weighted by Crippen LogP contribution is 2.21. The summed E-state index contributed by atoms with van der Waals surface area (Å²) >= 11 is 3.38. The molecule has 0 saturated heterocycles. The maximum atomic E-state index is 5.66. The van der Waals surface area contributed by atoms with Gasteiger partial charge < -0.3 is 10.1 Å². The zero-order chi connectivity index (χ0) is 12.1. The summed E-state index contributed by atoms with van der Waals surface area (Å²) in [6, 6.07) is 13.4. The van der Waals surface area contributed by atoms with Gasteiger partial charge in [0.05, 0.1) is 5.69 Å². The molecule has 0 saturated carbocycles. The van der Waals surface area contributed by atoms with Gasteiger partial charge in [0.15, 0.2) is 0 Å². The van der Waals surface area contributed by atoms with Gasteiger partial charge in [-0.3, -0.25) is 0 Å². The van der Waals surface area contributed by atoms with Crippen LogP contribution in [-0.4, -0.2) is 12.0 Å². The molecule has 2 rings (SSSR count). The summed E-state index contributed by atoms with van der Waals surface area (Å²) in [6.07, 6.45) is 0. The van der Waals surface area contributed by atoms with Gasteiger partial charge in [0.25, 0.3) is 0 Å². The third kappa shape index (κ3) is 3.54. The van der Waals surface area contributed by atoms with Crippen molar-refractivity contribution in [2.45, 2.75) is 6.54 Å². The SMILES string of the molecule is CNCc1cccc(Oc2ccc(Br)cc2)n1. The van der Waals surface area contributed by atoms with Gasteiger partial charge in [-0.05, 0) is 37.4 Å². The second kappa shape index (κ2) is 5.80. The Kier molecular flexibility index (Phi) is 4.12. The van der Waals surface area contributed by atoms with Crippen LogP contribution in [0, 0.1) is 0 Å². The Morgan fingerprint density at radius 2 is 1.94 bits per heavy atom. The number of hydrogen-bond donors (Lipinski definition) is 1. The van der Waals surface area contributed by atoms with E-state index in [1.807, 2.05) is 49.5 Å². The van der Waals surface area contributed by atoms with E-state index in [9.17, 15) is 0 Å². The van der Waals surface area contributed by atoms with Crippen molar-refractivity contribution in [3.63, 3.8) is 0 Å². The van der Waals surface area contributed by atoms with E-state index in [4.69, 9.17) is 4.74 Å². The molecule has 0 aliphatic rings. The molecule has 2 aromatic rings. The molecule has 0 atom stereocenters. The molecule has 0 unspecified atom stereocenters. The van der Waals surface area contributed by atoms with Gasteiger partial charge in [-0.1, -0.05) is 22.0 Å². The molecule has 0 amide bonds. The van der Waals surface area contributed by atoms with E-state index in [-0.39, 0.29) is 0 Å². The number of nitrogens with zero attached hydrogens (tertiary/aromatic N) is 1. The molecule has 1 aromatic carbocycles. The molecule has 0 spiro atoms. The van der Waals surface area contributed by atoms with Crippen LogP contribution in [0.1, 0.15) is 5.69 Å². The second-order valence-corrected chi connectivity index (χ2v) is 4.47. The van der Waals surface area contributed by atoms with E-state index in [1.165, 1.54) is 0 Å². The minimum absolute atomic E-state index is 0.611. The first kappa shape index (κ1) is 12.1. The maximum absolute atomic E-state index is 5.66. The summed E-state index contributed by atoms with van der Waals surface area (Å²) in [4.78, 5) is 4.38. The van der Waals surface area contributed by atoms with Crippen LogP contribution in [0.3, 0.4) is 0 Å². The average molecular weight is 293 g/mol. The predicted octanol–water partition coefficient (Wildman–Crippen LogP) is 3.36. The van der Waals surface area contributed by atoms with Crippen LogP contribution in [0.25, 0.3) is 0 Å². The lowest BCUT2D eigenvalue weighted by atomic mass is 10.3. The van der Waals surface area contributed by atoms with Crippen LogP contribution in [0.5, 0.6) is 11.6 Å². The molecule has 0 radical (unpaired) electrons. The van der Waals surface area contributed by atoms with Crippen LogP contribution in [0.2, 0.25) is 0 Å². The van der Waals surface area contributed by atoms with Crippen molar-refractivity contribution >= 4 is 15.9 Å². The van der Waals surface area contributed by atoms with E-state index >= 15 is 0 Å². The number of aromatic nitrogens is 1. The summed E-state index contributed by atoms with van der Waals surface area (Å²) in [7, 11) is 1.89. The maximum Gasteiger partial charge on any atom is 0.219 e. The zero-order valence-corrected chi connectivity index (χ0v) is 11.1. The van der Waals surface area contributed by atoms with Crippen LogP contribution in [-0.2, 0) is 6.54 Å². The van der Waals surface area contributed by atoms with Gasteiger partial charge in [-0.2, -0.15) is 0 Å². The Morgan fingerprint density at radius 1 is 1.18 bits per heavy atom. The third-order valence-corrected chi connectivity index (χ3v) is 2.70. The fraction of sp³-hybridized carbons (Fsp3) is 0.154. The Bertz CT molecular complexity index is 485. The van der Waals surface area contributed by atoms with Gasteiger partial charge in [0.1, 0.15) is 5.75 Å². The fourth-order valence-electron chi connectivity index (χ4n) is 1.42. The molecular weight excluding hydrogens is 280 g/mol. The standard InChI is InChI=1S/C13H13BrN2O/c1-15-9-11-3-2-4-13(16-11)17-12-7-5-10(14)6-8-12/h2-8,15H,9H2,1H3. The molecule has 17 heavy (non-hydrogen) atoms. The van der Waals surface area contributed by atoms with Gasteiger partial charge >= 0.3 is 0 Å². The largest absolute Gasteiger partial charge is 0.439 e. The molecule has 1 aromatic heterocycles. The lowest BCUT2D eigenvalue weighted by molar-refractivity contribution is 0.460. The molecule has 0 aliphatic carbocycles. The second-order valence-electron chi connectivity index (χ2n) is 3.55. The predicted molar refractivity (Wildman–Crippen MR) is 71.2 cm³/mol. The monoisotopic (exact) mass is 292 g/mol. The Labute approximate surface area is 109 Å². The highest BCUT2D eigenvalue weighted by molar-refractivity contribution is 9.10. The van der Waals surface area contributed by atoms with Crippen molar-refractivity contribution in [3.8, 4) is 11.6 Å². The number of nitrogens with one attached hydrogen (secondary N) is 1. The van der Waals surface area contributed by atoms with Crippen molar-refractivity contribution in [1.82, 2.24) is 10.3 Å². The van der Waals surface area contributed by atoms with Crippen LogP contribution in [0.4, 0.5) is 0 Å². The normalized spacial score (nSPS) is 10.2. The minimum atomic E-state index is 0.611. The van der Waals surface area contributed by atoms with Crippen LogP contribution >= 0.6 is 15.9 Å². The van der Waals surface area contributed by atoms with Crippen LogP contribution < -0.4 is 10.1 Å². The van der Waals surface area contributed by atoms with Gasteiger partial charge in [-0.15, -0.1) is 0 Å². The van der Waals surface area contributed by atoms with Crippen molar-refractivity contribution in [3.05, 3.63) is 52.6 Å². The Morgan fingerprint density at radius 3 is 2.65 bits per heavy atom. The molecular formula is C13H13BrN2O. The van der Waals surface area contributed by atoms with E-state index in [2.05, 4.69) is 26.2 Å². The highest BCUT2D eigenvalue weighted by atomic mass is 79.9. The lowest BCUT2D eigenvalue weighted by Gasteiger charge is -2.06. The molecule has 4 heteroatoms. The summed E-state index contributed by atoms with van der Waals surface area (Å²) in [6.45, 7) is 0.734. The topological polar surface area (TPSA) is 34.1 Å². The number of benzene rings is 1. The van der Waals surface area contributed by atoms with Gasteiger partial charge in [-0.25, -0.2) is 4.98 Å². The van der Waals surface area contributed by atoms with E-state index < -0.39 is 0 Å². The molecule has 88 valence electrons. The Balaban J connectivity index is 2.12. The van der Waals surface area contributed by atoms with Crippen molar-refractivity contribution in [1.29, 1.82) is 0 Å². The molecule has 3 nitrogen and oxygen atoms in total. The number of rotatable bonds is 4. The van der Waals surface area contributed by atoms with E-state index in [1.54, 1.807) is 0 Å².